The molecule has 0 aliphatic carbocycles. The standard InChI is InChI=1S/C30H44N6O3/c1-22-18-35(29(37)39-30(2,3)4)16-17-36(22)27-25-13-15-34(19-23-10-7-6-8-11-23)20-26(25)31-28(32-27)38-21-24-12-9-14-33(24)5/h6-8,10-11,22,24H,9,12-21H2,1-5H3/t22-,24+/m1/s1. The van der Waals surface area contributed by atoms with Crippen LogP contribution in [0, 0.1) is 0 Å². The van der Waals surface area contributed by atoms with E-state index < -0.39 is 5.60 Å². The summed E-state index contributed by atoms with van der Waals surface area (Å²) in [5, 5.41) is 0. The minimum absolute atomic E-state index is 0.0985. The van der Waals surface area contributed by atoms with Gasteiger partial charge in [0.2, 0.25) is 0 Å². The Morgan fingerprint density at radius 3 is 2.56 bits per heavy atom. The quantitative estimate of drug-likeness (QED) is 0.550. The van der Waals surface area contributed by atoms with Crippen molar-refractivity contribution in [1.82, 2.24) is 24.7 Å². The molecule has 1 aromatic heterocycles. The van der Waals surface area contributed by atoms with Crippen molar-refractivity contribution >= 4 is 11.9 Å². The zero-order valence-corrected chi connectivity index (χ0v) is 24.2. The Bertz CT molecular complexity index is 1140. The number of carbonyl (C=O) groups excluding carboxylic acids is 1. The molecule has 9 heteroatoms. The molecule has 2 saturated heterocycles. The van der Waals surface area contributed by atoms with E-state index in [1.807, 2.05) is 25.7 Å². The maximum absolute atomic E-state index is 12.7. The van der Waals surface area contributed by atoms with E-state index in [4.69, 9.17) is 19.4 Å². The van der Waals surface area contributed by atoms with Gasteiger partial charge in [-0.3, -0.25) is 4.90 Å². The molecule has 2 aromatic rings. The molecule has 4 heterocycles. The summed E-state index contributed by atoms with van der Waals surface area (Å²) in [6.07, 6.45) is 2.99. The second-order valence-electron chi connectivity index (χ2n) is 12.3. The number of aromatic nitrogens is 2. The van der Waals surface area contributed by atoms with Gasteiger partial charge in [0.1, 0.15) is 18.0 Å². The third-order valence-corrected chi connectivity index (χ3v) is 7.98. The van der Waals surface area contributed by atoms with Gasteiger partial charge in [-0.05, 0) is 66.1 Å². The van der Waals surface area contributed by atoms with Gasteiger partial charge in [0, 0.05) is 56.9 Å². The first-order valence-electron chi connectivity index (χ1n) is 14.4. The van der Waals surface area contributed by atoms with E-state index in [9.17, 15) is 4.79 Å². The first-order valence-corrected chi connectivity index (χ1v) is 14.4. The number of likely N-dealkylation sites (N-methyl/N-ethyl adjacent to an activating group) is 1. The van der Waals surface area contributed by atoms with Gasteiger partial charge in [-0.15, -0.1) is 0 Å². The van der Waals surface area contributed by atoms with E-state index >= 15 is 0 Å². The molecule has 0 bridgehead atoms. The Balaban J connectivity index is 1.36. The van der Waals surface area contributed by atoms with Crippen LogP contribution in [0.5, 0.6) is 6.01 Å². The van der Waals surface area contributed by atoms with Crippen molar-refractivity contribution in [3.05, 3.63) is 47.2 Å². The summed E-state index contributed by atoms with van der Waals surface area (Å²) in [5.41, 5.74) is 3.07. The van der Waals surface area contributed by atoms with E-state index in [1.165, 1.54) is 17.5 Å². The zero-order valence-electron chi connectivity index (χ0n) is 24.2. The lowest BCUT2D eigenvalue weighted by molar-refractivity contribution is 0.0218. The SMILES string of the molecule is C[C@@H]1CN(C(=O)OC(C)(C)C)CCN1c1nc(OC[C@@H]2CCCN2C)nc2c1CCN(Cc1ccccc1)C2. The molecule has 1 amide bonds. The monoisotopic (exact) mass is 536 g/mol. The van der Waals surface area contributed by atoms with E-state index in [-0.39, 0.29) is 12.1 Å². The zero-order chi connectivity index (χ0) is 27.6. The number of hydrogen-bond donors (Lipinski definition) is 0. The van der Waals surface area contributed by atoms with Crippen molar-refractivity contribution in [3.63, 3.8) is 0 Å². The van der Waals surface area contributed by atoms with E-state index in [0.29, 0.717) is 38.3 Å². The van der Waals surface area contributed by atoms with Crippen LogP contribution in [-0.4, -0.2) is 94.8 Å². The lowest BCUT2D eigenvalue weighted by Gasteiger charge is -2.42. The number of nitrogens with zero attached hydrogens (tertiary/aromatic N) is 6. The lowest BCUT2D eigenvalue weighted by Crippen LogP contribution is -2.55. The van der Waals surface area contributed by atoms with Crippen molar-refractivity contribution in [2.24, 2.45) is 0 Å². The first kappa shape index (κ1) is 27.6. The Hall–Kier alpha value is -2.91. The van der Waals surface area contributed by atoms with Gasteiger partial charge >= 0.3 is 12.1 Å². The Morgan fingerprint density at radius 1 is 1.08 bits per heavy atom. The molecular formula is C30H44N6O3. The first-order chi connectivity index (χ1) is 18.7. The van der Waals surface area contributed by atoms with Crippen molar-refractivity contribution < 1.29 is 14.3 Å². The van der Waals surface area contributed by atoms with Gasteiger partial charge in [0.25, 0.3) is 0 Å². The number of likely N-dealkylation sites (tertiary alicyclic amines) is 1. The lowest BCUT2D eigenvalue weighted by atomic mass is 10.0. The van der Waals surface area contributed by atoms with Crippen molar-refractivity contribution in [2.45, 2.75) is 77.7 Å². The molecule has 5 rings (SSSR count). The summed E-state index contributed by atoms with van der Waals surface area (Å²) in [5.74, 6) is 0.963. The molecule has 9 nitrogen and oxygen atoms in total. The van der Waals surface area contributed by atoms with Crippen molar-refractivity contribution in [1.29, 1.82) is 0 Å². The molecule has 3 aliphatic rings. The molecule has 0 unspecified atom stereocenters. The number of amides is 1. The van der Waals surface area contributed by atoms with E-state index in [0.717, 1.165) is 50.5 Å². The highest BCUT2D eigenvalue weighted by Crippen LogP contribution is 2.32. The minimum Gasteiger partial charge on any atom is -0.462 e. The van der Waals surface area contributed by atoms with Crippen LogP contribution in [0.25, 0.3) is 0 Å². The average molecular weight is 537 g/mol. The topological polar surface area (TPSA) is 74.3 Å². The highest BCUT2D eigenvalue weighted by molar-refractivity contribution is 5.69. The smallest absolute Gasteiger partial charge is 0.410 e. The Labute approximate surface area is 233 Å². The summed E-state index contributed by atoms with van der Waals surface area (Å²) in [4.78, 5) is 31.7. The number of rotatable bonds is 6. The summed E-state index contributed by atoms with van der Waals surface area (Å²) < 4.78 is 11.9. The highest BCUT2D eigenvalue weighted by Gasteiger charge is 2.34. The van der Waals surface area contributed by atoms with Crippen LogP contribution in [-0.2, 0) is 24.2 Å². The number of anilines is 1. The molecule has 2 atom stereocenters. The summed E-state index contributed by atoms with van der Waals surface area (Å²) in [7, 11) is 2.16. The van der Waals surface area contributed by atoms with E-state index in [1.54, 1.807) is 0 Å². The van der Waals surface area contributed by atoms with Crippen LogP contribution < -0.4 is 9.64 Å². The predicted molar refractivity (Wildman–Crippen MR) is 152 cm³/mol. The van der Waals surface area contributed by atoms with Gasteiger partial charge in [-0.1, -0.05) is 30.3 Å². The van der Waals surface area contributed by atoms with Crippen LogP contribution in [0.1, 0.15) is 57.4 Å². The van der Waals surface area contributed by atoms with Crippen LogP contribution in [0.15, 0.2) is 30.3 Å². The van der Waals surface area contributed by atoms with Crippen molar-refractivity contribution in [2.75, 3.05) is 51.3 Å². The maximum Gasteiger partial charge on any atom is 0.410 e. The second-order valence-corrected chi connectivity index (χ2v) is 12.3. The Kier molecular flexibility index (Phi) is 8.28. The number of hydrogen-bond acceptors (Lipinski definition) is 8. The van der Waals surface area contributed by atoms with Gasteiger partial charge in [-0.2, -0.15) is 9.97 Å². The molecule has 0 radical (unpaired) electrons. The largest absolute Gasteiger partial charge is 0.462 e. The molecule has 3 aliphatic heterocycles. The molecule has 0 spiro atoms. The number of carbonyl (C=O) groups is 1. The van der Waals surface area contributed by atoms with Gasteiger partial charge in [0.15, 0.2) is 0 Å². The summed E-state index contributed by atoms with van der Waals surface area (Å²) in [6.45, 7) is 14.1. The van der Waals surface area contributed by atoms with E-state index in [2.05, 4.69) is 59.0 Å². The molecule has 2 fully saturated rings. The summed E-state index contributed by atoms with van der Waals surface area (Å²) >= 11 is 0. The number of fused-ring (bicyclic) bond motifs is 1. The number of benzene rings is 1. The number of piperazine rings is 1. The minimum atomic E-state index is -0.506. The maximum atomic E-state index is 12.7. The van der Waals surface area contributed by atoms with Crippen LogP contribution in [0.4, 0.5) is 10.6 Å². The molecule has 0 saturated carbocycles. The van der Waals surface area contributed by atoms with Crippen molar-refractivity contribution in [3.8, 4) is 6.01 Å². The third-order valence-electron chi connectivity index (χ3n) is 7.98. The fraction of sp³-hybridized carbons (Fsp3) is 0.633. The molecule has 1 aromatic carbocycles. The highest BCUT2D eigenvalue weighted by atomic mass is 16.6. The molecule has 0 N–H and O–H groups in total. The van der Waals surface area contributed by atoms with Gasteiger partial charge in [0.05, 0.1) is 5.69 Å². The molecular weight excluding hydrogens is 492 g/mol. The van der Waals surface area contributed by atoms with Crippen LogP contribution in [0.2, 0.25) is 0 Å². The average Bonchev–Trinajstić information content (AvgIpc) is 3.31. The van der Waals surface area contributed by atoms with Crippen LogP contribution in [0.3, 0.4) is 0 Å². The fourth-order valence-corrected chi connectivity index (χ4v) is 5.85. The second kappa shape index (κ2) is 11.7. The predicted octanol–water partition coefficient (Wildman–Crippen LogP) is 3.95. The molecule has 212 valence electrons. The summed E-state index contributed by atoms with van der Waals surface area (Å²) in [6, 6.07) is 11.6. The number of ether oxygens (including phenoxy) is 2. The van der Waals surface area contributed by atoms with Gasteiger partial charge in [-0.25, -0.2) is 4.79 Å². The normalized spacial score (nSPS) is 22.6. The Morgan fingerprint density at radius 2 is 1.87 bits per heavy atom. The fourth-order valence-electron chi connectivity index (χ4n) is 5.85. The van der Waals surface area contributed by atoms with Crippen LogP contribution >= 0.6 is 0 Å². The third kappa shape index (κ3) is 6.81. The van der Waals surface area contributed by atoms with Gasteiger partial charge < -0.3 is 24.2 Å². The molecule has 39 heavy (non-hydrogen) atoms.